The van der Waals surface area contributed by atoms with Crippen LogP contribution in [0.3, 0.4) is 0 Å². The SMILES string of the molecule is Cc1cc(-c2ccc(C(=O)[C@@H]3CCCC[C@H]3C(=O)Nc3cn(C)nc3C(N)=O)cc2)n[nH]1. The van der Waals surface area contributed by atoms with Crippen molar-refractivity contribution in [2.24, 2.45) is 24.6 Å². The van der Waals surface area contributed by atoms with Crippen molar-refractivity contribution < 1.29 is 14.4 Å². The molecule has 1 aliphatic rings. The summed E-state index contributed by atoms with van der Waals surface area (Å²) in [5.74, 6) is -1.95. The van der Waals surface area contributed by atoms with Crippen molar-refractivity contribution in [3.63, 3.8) is 0 Å². The van der Waals surface area contributed by atoms with Crippen LogP contribution in [0.2, 0.25) is 0 Å². The number of hydrogen-bond donors (Lipinski definition) is 3. The third-order valence-corrected chi connectivity index (χ3v) is 5.93. The molecule has 4 N–H and O–H groups in total. The Kier molecular flexibility index (Phi) is 5.89. The Bertz CT molecular complexity index is 1160. The summed E-state index contributed by atoms with van der Waals surface area (Å²) in [6.45, 7) is 1.93. The summed E-state index contributed by atoms with van der Waals surface area (Å²) in [4.78, 5) is 38.0. The number of ketones is 1. The molecule has 1 fully saturated rings. The zero-order valence-corrected chi connectivity index (χ0v) is 18.1. The summed E-state index contributed by atoms with van der Waals surface area (Å²) in [5, 5.41) is 13.9. The minimum absolute atomic E-state index is 0.00345. The molecule has 0 bridgehead atoms. The van der Waals surface area contributed by atoms with Gasteiger partial charge in [-0.3, -0.25) is 24.2 Å². The van der Waals surface area contributed by atoms with Crippen LogP contribution in [0, 0.1) is 18.8 Å². The van der Waals surface area contributed by atoms with E-state index in [0.29, 0.717) is 18.4 Å². The van der Waals surface area contributed by atoms with Crippen LogP contribution < -0.4 is 11.1 Å². The van der Waals surface area contributed by atoms with E-state index in [1.165, 1.54) is 10.9 Å². The number of rotatable bonds is 6. The van der Waals surface area contributed by atoms with Gasteiger partial charge in [-0.1, -0.05) is 37.1 Å². The highest BCUT2D eigenvalue weighted by Crippen LogP contribution is 2.34. The lowest BCUT2D eigenvalue weighted by Gasteiger charge is -2.29. The van der Waals surface area contributed by atoms with Crippen molar-refractivity contribution in [1.82, 2.24) is 20.0 Å². The molecule has 0 spiro atoms. The number of primary amides is 1. The van der Waals surface area contributed by atoms with E-state index in [4.69, 9.17) is 5.73 Å². The average molecular weight is 435 g/mol. The smallest absolute Gasteiger partial charge is 0.271 e. The van der Waals surface area contributed by atoms with E-state index in [0.717, 1.165) is 29.8 Å². The summed E-state index contributed by atoms with van der Waals surface area (Å²) in [6, 6.07) is 9.26. The van der Waals surface area contributed by atoms with E-state index < -0.39 is 17.7 Å². The minimum atomic E-state index is -0.718. The molecular formula is C23H26N6O3. The predicted molar refractivity (Wildman–Crippen MR) is 119 cm³/mol. The molecule has 32 heavy (non-hydrogen) atoms. The van der Waals surface area contributed by atoms with Crippen molar-refractivity contribution in [2.45, 2.75) is 32.6 Å². The van der Waals surface area contributed by atoms with Crippen molar-refractivity contribution in [2.75, 3.05) is 5.32 Å². The molecule has 2 atom stereocenters. The van der Waals surface area contributed by atoms with Gasteiger partial charge >= 0.3 is 0 Å². The quantitative estimate of drug-likeness (QED) is 0.513. The number of aryl methyl sites for hydroxylation is 2. The molecule has 2 aromatic heterocycles. The van der Waals surface area contributed by atoms with Crippen LogP contribution in [0.4, 0.5) is 5.69 Å². The molecule has 2 heterocycles. The van der Waals surface area contributed by atoms with Crippen LogP contribution in [-0.4, -0.2) is 37.6 Å². The number of Topliss-reactive ketones (excluding diaryl/α,β-unsaturated/α-hetero) is 1. The number of aromatic nitrogens is 4. The van der Waals surface area contributed by atoms with Gasteiger partial charge in [0.1, 0.15) is 0 Å². The second-order valence-corrected chi connectivity index (χ2v) is 8.29. The highest BCUT2D eigenvalue weighted by molar-refractivity contribution is 6.05. The lowest BCUT2D eigenvalue weighted by Crippen LogP contribution is -2.36. The summed E-state index contributed by atoms with van der Waals surface area (Å²) < 4.78 is 1.42. The minimum Gasteiger partial charge on any atom is -0.364 e. The molecule has 3 aromatic rings. The molecular weight excluding hydrogens is 408 g/mol. The standard InChI is InChI=1S/C23H26N6O3/c1-13-11-18(27-26-13)14-7-9-15(10-8-14)21(30)16-5-3-4-6-17(16)23(32)25-19-12-29(2)28-20(19)22(24)31/h7-12,16-17H,3-6H2,1-2H3,(H2,24,31)(H,25,32)(H,26,27)/t16-,17-/m1/s1. The van der Waals surface area contributed by atoms with Gasteiger partial charge in [-0.2, -0.15) is 10.2 Å². The zero-order chi connectivity index (χ0) is 22.8. The Hall–Kier alpha value is -3.75. The van der Waals surface area contributed by atoms with Crippen molar-refractivity contribution >= 4 is 23.3 Å². The number of nitrogens with two attached hydrogens (primary N) is 1. The van der Waals surface area contributed by atoms with Crippen LogP contribution in [-0.2, 0) is 11.8 Å². The molecule has 9 nitrogen and oxygen atoms in total. The lowest BCUT2D eigenvalue weighted by molar-refractivity contribution is -0.122. The normalized spacial score (nSPS) is 18.3. The number of nitrogens with zero attached hydrogens (tertiary/aromatic N) is 3. The van der Waals surface area contributed by atoms with Gasteiger partial charge in [0, 0.05) is 41.9 Å². The van der Waals surface area contributed by atoms with E-state index >= 15 is 0 Å². The van der Waals surface area contributed by atoms with E-state index in [-0.39, 0.29) is 23.1 Å². The van der Waals surface area contributed by atoms with Gasteiger partial charge in [-0.15, -0.1) is 0 Å². The number of carbonyl (C=O) groups excluding carboxylic acids is 3. The molecule has 9 heteroatoms. The fourth-order valence-electron chi connectivity index (χ4n) is 4.33. The number of H-pyrrole nitrogens is 1. The molecule has 2 amide bonds. The summed E-state index contributed by atoms with van der Waals surface area (Å²) in [5.41, 5.74) is 8.90. The van der Waals surface area contributed by atoms with Gasteiger partial charge < -0.3 is 11.1 Å². The van der Waals surface area contributed by atoms with E-state index in [1.54, 1.807) is 19.2 Å². The van der Waals surface area contributed by atoms with E-state index in [2.05, 4.69) is 20.6 Å². The molecule has 4 rings (SSSR count). The molecule has 1 saturated carbocycles. The van der Waals surface area contributed by atoms with Crippen molar-refractivity contribution in [1.29, 1.82) is 0 Å². The first-order valence-corrected chi connectivity index (χ1v) is 10.6. The number of nitrogens with one attached hydrogen (secondary N) is 2. The molecule has 1 aliphatic carbocycles. The van der Waals surface area contributed by atoms with Gasteiger partial charge in [0.15, 0.2) is 11.5 Å². The number of carbonyl (C=O) groups is 3. The van der Waals surface area contributed by atoms with Gasteiger partial charge in [-0.05, 0) is 25.8 Å². The Labute approximate surface area is 185 Å². The topological polar surface area (TPSA) is 136 Å². The maximum Gasteiger partial charge on any atom is 0.271 e. The lowest BCUT2D eigenvalue weighted by atomic mass is 9.75. The van der Waals surface area contributed by atoms with Gasteiger partial charge in [0.05, 0.1) is 11.4 Å². The van der Waals surface area contributed by atoms with Gasteiger partial charge in [-0.25, -0.2) is 0 Å². The largest absolute Gasteiger partial charge is 0.364 e. The zero-order valence-electron chi connectivity index (χ0n) is 18.1. The highest BCUT2D eigenvalue weighted by atomic mass is 16.2. The van der Waals surface area contributed by atoms with Gasteiger partial charge in [0.2, 0.25) is 5.91 Å². The maximum absolute atomic E-state index is 13.3. The highest BCUT2D eigenvalue weighted by Gasteiger charge is 2.36. The number of aromatic amines is 1. The number of benzene rings is 1. The predicted octanol–water partition coefficient (Wildman–Crippen LogP) is 2.85. The van der Waals surface area contributed by atoms with E-state index in [1.807, 2.05) is 25.1 Å². The van der Waals surface area contributed by atoms with Crippen LogP contribution in [0.5, 0.6) is 0 Å². The summed E-state index contributed by atoms with van der Waals surface area (Å²) >= 11 is 0. The Morgan fingerprint density at radius 2 is 1.81 bits per heavy atom. The Morgan fingerprint density at radius 3 is 2.44 bits per heavy atom. The second-order valence-electron chi connectivity index (χ2n) is 8.29. The second kappa shape index (κ2) is 8.78. The average Bonchev–Trinajstić information content (AvgIpc) is 3.38. The number of anilines is 1. The van der Waals surface area contributed by atoms with Crippen molar-refractivity contribution in [3.8, 4) is 11.3 Å². The molecule has 0 saturated heterocycles. The fourth-order valence-corrected chi connectivity index (χ4v) is 4.33. The first-order chi connectivity index (χ1) is 15.3. The fraction of sp³-hybridized carbons (Fsp3) is 0.348. The van der Waals surface area contributed by atoms with Crippen molar-refractivity contribution in [3.05, 3.63) is 53.5 Å². The molecule has 0 radical (unpaired) electrons. The molecule has 0 unspecified atom stereocenters. The van der Waals surface area contributed by atoms with Crippen LogP contribution in [0.15, 0.2) is 36.5 Å². The molecule has 1 aromatic carbocycles. The Balaban J connectivity index is 1.52. The monoisotopic (exact) mass is 434 g/mol. The summed E-state index contributed by atoms with van der Waals surface area (Å²) in [7, 11) is 1.64. The number of hydrogen-bond acceptors (Lipinski definition) is 5. The third kappa shape index (κ3) is 4.32. The van der Waals surface area contributed by atoms with Crippen LogP contribution >= 0.6 is 0 Å². The van der Waals surface area contributed by atoms with Gasteiger partial charge in [0.25, 0.3) is 5.91 Å². The maximum atomic E-state index is 13.3. The molecule has 166 valence electrons. The first-order valence-electron chi connectivity index (χ1n) is 10.6. The third-order valence-electron chi connectivity index (χ3n) is 5.93. The van der Waals surface area contributed by atoms with Crippen LogP contribution in [0.1, 0.15) is 52.2 Å². The Morgan fingerprint density at radius 1 is 1.12 bits per heavy atom. The molecule has 0 aliphatic heterocycles. The first kappa shape index (κ1) is 21.5. The van der Waals surface area contributed by atoms with E-state index in [9.17, 15) is 14.4 Å². The van der Waals surface area contributed by atoms with Crippen LogP contribution in [0.25, 0.3) is 11.3 Å². The summed E-state index contributed by atoms with van der Waals surface area (Å²) in [6.07, 6.45) is 4.55. The number of amides is 2.